The van der Waals surface area contributed by atoms with Crippen LogP contribution >= 0.6 is 0 Å². The number of nitrogens with one attached hydrogen (secondary N) is 1. The van der Waals surface area contributed by atoms with Crippen molar-refractivity contribution in [2.45, 2.75) is 39.3 Å². The maximum absolute atomic E-state index is 12.2. The van der Waals surface area contributed by atoms with E-state index in [1.807, 2.05) is 13.0 Å². The van der Waals surface area contributed by atoms with Gasteiger partial charge in [0.2, 0.25) is 0 Å². The number of carbonyl (C=O) groups is 3. The van der Waals surface area contributed by atoms with Gasteiger partial charge < -0.3 is 19.5 Å². The van der Waals surface area contributed by atoms with Crippen molar-refractivity contribution in [2.75, 3.05) is 14.2 Å². The van der Waals surface area contributed by atoms with Gasteiger partial charge in [-0.15, -0.1) is 0 Å². The van der Waals surface area contributed by atoms with E-state index >= 15 is 0 Å². The lowest BCUT2D eigenvalue weighted by molar-refractivity contribution is -0.160. The van der Waals surface area contributed by atoms with Crippen LogP contribution in [0.3, 0.4) is 0 Å². The molecule has 138 valence electrons. The van der Waals surface area contributed by atoms with Gasteiger partial charge in [0.25, 0.3) is 0 Å². The van der Waals surface area contributed by atoms with Gasteiger partial charge in [0, 0.05) is 0 Å². The molecule has 1 rings (SSSR count). The molecule has 1 atom stereocenters. The average Bonchev–Trinajstić information content (AvgIpc) is 2.51. The van der Waals surface area contributed by atoms with Crippen LogP contribution in [-0.4, -0.2) is 37.9 Å². The van der Waals surface area contributed by atoms with Crippen molar-refractivity contribution in [1.29, 1.82) is 0 Å². The van der Waals surface area contributed by atoms with Crippen molar-refractivity contribution >= 4 is 18.0 Å². The average molecular weight is 351 g/mol. The zero-order valence-electron chi connectivity index (χ0n) is 15.4. The zero-order chi connectivity index (χ0) is 19.2. The highest BCUT2D eigenvalue weighted by molar-refractivity contribution is 5.96. The van der Waals surface area contributed by atoms with Gasteiger partial charge in [-0.05, 0) is 33.3 Å². The van der Waals surface area contributed by atoms with Crippen molar-refractivity contribution < 1.29 is 28.6 Å². The van der Waals surface area contributed by atoms with E-state index in [2.05, 4.69) is 5.32 Å². The topological polar surface area (TPSA) is 90.9 Å². The first-order chi connectivity index (χ1) is 11.6. The molecule has 0 fully saturated rings. The molecule has 0 bridgehead atoms. The van der Waals surface area contributed by atoms with E-state index in [1.54, 1.807) is 39.0 Å². The Labute approximate surface area is 147 Å². The number of ether oxygens (including phenoxy) is 3. The highest BCUT2D eigenvalue weighted by Crippen LogP contribution is 2.26. The quantitative estimate of drug-likeness (QED) is 0.498. The van der Waals surface area contributed by atoms with Crippen LogP contribution in [0.25, 0.3) is 0 Å². The van der Waals surface area contributed by atoms with Gasteiger partial charge in [0.15, 0.2) is 5.92 Å². The smallest absolute Gasteiger partial charge is 0.408 e. The molecule has 0 aliphatic heterocycles. The summed E-state index contributed by atoms with van der Waals surface area (Å²) in [6.45, 7) is 7.00. The van der Waals surface area contributed by atoms with Crippen molar-refractivity contribution in [3.8, 4) is 0 Å². The van der Waals surface area contributed by atoms with Crippen LogP contribution in [0.1, 0.15) is 37.9 Å². The summed E-state index contributed by atoms with van der Waals surface area (Å²) >= 11 is 0. The Morgan fingerprint density at radius 3 is 2.04 bits per heavy atom. The summed E-state index contributed by atoms with van der Waals surface area (Å²) in [7, 11) is 2.33. The highest BCUT2D eigenvalue weighted by Gasteiger charge is 2.39. The number of esters is 2. The summed E-state index contributed by atoms with van der Waals surface area (Å²) < 4.78 is 14.7. The van der Waals surface area contributed by atoms with Crippen LogP contribution in [0.2, 0.25) is 0 Å². The van der Waals surface area contributed by atoms with Crippen molar-refractivity contribution in [1.82, 2.24) is 5.32 Å². The van der Waals surface area contributed by atoms with E-state index in [1.165, 1.54) is 14.2 Å². The number of hydrogen-bond donors (Lipinski definition) is 1. The molecule has 0 unspecified atom stereocenters. The predicted octanol–water partition coefficient (Wildman–Crippen LogP) is 2.52. The molecule has 7 heteroatoms. The highest BCUT2D eigenvalue weighted by atomic mass is 16.6. The Kier molecular flexibility index (Phi) is 6.97. The number of rotatable bonds is 5. The lowest BCUT2D eigenvalue weighted by Gasteiger charge is -2.27. The minimum Gasteiger partial charge on any atom is -0.468 e. The van der Waals surface area contributed by atoms with E-state index < -0.39 is 35.6 Å². The molecule has 0 heterocycles. The van der Waals surface area contributed by atoms with Crippen LogP contribution in [0.5, 0.6) is 0 Å². The fourth-order valence-electron chi connectivity index (χ4n) is 2.28. The van der Waals surface area contributed by atoms with E-state index in [0.29, 0.717) is 5.56 Å². The first kappa shape index (κ1) is 20.5. The van der Waals surface area contributed by atoms with Crippen molar-refractivity contribution in [3.63, 3.8) is 0 Å². The summed E-state index contributed by atoms with van der Waals surface area (Å²) in [4.78, 5) is 36.5. The van der Waals surface area contributed by atoms with E-state index in [4.69, 9.17) is 14.2 Å². The van der Waals surface area contributed by atoms with Gasteiger partial charge in [-0.3, -0.25) is 9.59 Å². The first-order valence-corrected chi connectivity index (χ1v) is 7.80. The Hall–Kier alpha value is -2.57. The van der Waals surface area contributed by atoms with Crippen LogP contribution in [0.4, 0.5) is 4.79 Å². The lowest BCUT2D eigenvalue weighted by atomic mass is 9.92. The molecule has 0 saturated carbocycles. The third kappa shape index (κ3) is 6.10. The standard InChI is InChI=1S/C18H25NO6/c1-11-8-7-9-12(10-11)14(19-17(22)25-18(2,3)4)13(15(20)23-5)16(21)24-6/h7-10,13-14H,1-6H3,(H,19,22)/t14-/m0/s1. The summed E-state index contributed by atoms with van der Waals surface area (Å²) in [6, 6.07) is 6.10. The van der Waals surface area contributed by atoms with Crippen molar-refractivity contribution in [3.05, 3.63) is 35.4 Å². The Morgan fingerprint density at radius 1 is 1.04 bits per heavy atom. The fraction of sp³-hybridized carbons (Fsp3) is 0.500. The van der Waals surface area contributed by atoms with E-state index in [9.17, 15) is 14.4 Å². The normalized spacial score (nSPS) is 12.3. The number of alkyl carbamates (subject to hydrolysis) is 1. The number of benzene rings is 1. The fourth-order valence-corrected chi connectivity index (χ4v) is 2.28. The number of carbonyl (C=O) groups excluding carboxylic acids is 3. The molecule has 0 spiro atoms. The third-order valence-corrected chi connectivity index (χ3v) is 3.32. The largest absolute Gasteiger partial charge is 0.468 e. The molecular formula is C18H25NO6. The maximum atomic E-state index is 12.2. The molecule has 0 aromatic heterocycles. The van der Waals surface area contributed by atoms with Gasteiger partial charge in [-0.2, -0.15) is 0 Å². The van der Waals surface area contributed by atoms with E-state index in [-0.39, 0.29) is 0 Å². The minimum atomic E-state index is -1.36. The number of hydrogen-bond acceptors (Lipinski definition) is 6. The molecule has 1 amide bonds. The molecule has 1 N–H and O–H groups in total. The van der Waals surface area contributed by atoms with Crippen LogP contribution in [0, 0.1) is 12.8 Å². The van der Waals surface area contributed by atoms with Gasteiger partial charge in [-0.1, -0.05) is 29.8 Å². The number of amides is 1. The molecule has 0 aliphatic carbocycles. The molecule has 1 aromatic carbocycles. The molecular weight excluding hydrogens is 326 g/mol. The van der Waals surface area contributed by atoms with Crippen LogP contribution < -0.4 is 5.32 Å². The Bertz CT molecular complexity index is 619. The van der Waals surface area contributed by atoms with Crippen LogP contribution in [0.15, 0.2) is 24.3 Å². The summed E-state index contributed by atoms with van der Waals surface area (Å²) in [5, 5.41) is 2.58. The van der Waals surface area contributed by atoms with Gasteiger partial charge in [-0.25, -0.2) is 4.79 Å². The first-order valence-electron chi connectivity index (χ1n) is 7.80. The number of methoxy groups -OCH3 is 2. The molecule has 0 saturated heterocycles. The van der Waals surface area contributed by atoms with Gasteiger partial charge in [0.1, 0.15) is 5.60 Å². The maximum Gasteiger partial charge on any atom is 0.408 e. The SMILES string of the molecule is COC(=O)C(C(=O)OC)[C@@H](NC(=O)OC(C)(C)C)c1cccc(C)c1. The minimum absolute atomic E-state index is 0.562. The second-order valence-electron chi connectivity index (χ2n) is 6.56. The van der Waals surface area contributed by atoms with Crippen molar-refractivity contribution in [2.24, 2.45) is 5.92 Å². The Morgan fingerprint density at radius 2 is 1.60 bits per heavy atom. The molecule has 1 aromatic rings. The zero-order valence-corrected chi connectivity index (χ0v) is 15.4. The second kappa shape index (κ2) is 8.50. The summed E-state index contributed by atoms with van der Waals surface area (Å²) in [6.07, 6.45) is -0.753. The second-order valence-corrected chi connectivity index (χ2v) is 6.56. The third-order valence-electron chi connectivity index (χ3n) is 3.32. The summed E-state index contributed by atoms with van der Waals surface area (Å²) in [5.74, 6) is -2.98. The lowest BCUT2D eigenvalue weighted by Crippen LogP contribution is -2.43. The van der Waals surface area contributed by atoms with E-state index in [0.717, 1.165) is 5.56 Å². The Balaban J connectivity index is 3.27. The molecule has 25 heavy (non-hydrogen) atoms. The molecule has 0 radical (unpaired) electrons. The van der Waals surface area contributed by atoms with Crippen LogP contribution in [-0.2, 0) is 23.8 Å². The predicted molar refractivity (Wildman–Crippen MR) is 90.8 cm³/mol. The van der Waals surface area contributed by atoms with Gasteiger partial charge >= 0.3 is 18.0 Å². The monoisotopic (exact) mass is 351 g/mol. The molecule has 7 nitrogen and oxygen atoms in total. The summed E-state index contributed by atoms with van der Waals surface area (Å²) in [5.41, 5.74) is 0.737. The number of aryl methyl sites for hydroxylation is 1. The van der Waals surface area contributed by atoms with Gasteiger partial charge in [0.05, 0.1) is 20.3 Å². The molecule has 0 aliphatic rings.